The second-order valence-corrected chi connectivity index (χ2v) is 11.2. The number of Topliss-reactive ketones (excluding diaryl/α,β-unsaturated/α-hetero) is 1. The average Bonchev–Trinajstić information content (AvgIpc) is 3.63. The van der Waals surface area contributed by atoms with Gasteiger partial charge in [0.15, 0.2) is 11.5 Å². The summed E-state index contributed by atoms with van der Waals surface area (Å²) >= 11 is 0. The lowest BCUT2D eigenvalue weighted by molar-refractivity contribution is -0.140. The molecule has 1 aliphatic heterocycles. The molecule has 3 aromatic carbocycles. The van der Waals surface area contributed by atoms with Crippen molar-refractivity contribution in [1.29, 1.82) is 0 Å². The number of amides is 1. The van der Waals surface area contributed by atoms with E-state index in [1.807, 2.05) is 31.2 Å². The number of hydrogen-bond donors (Lipinski definition) is 1. The Balaban J connectivity index is 1.48. The molecule has 2 heterocycles. The van der Waals surface area contributed by atoms with E-state index >= 15 is 0 Å². The number of ether oxygens (including phenoxy) is 3. The number of furan rings is 1. The number of carbonyl (C=O) groups excluding carboxylic acids is 2. The molecule has 0 saturated carbocycles. The van der Waals surface area contributed by atoms with Crippen LogP contribution in [-0.4, -0.2) is 35.4 Å². The maximum absolute atomic E-state index is 13.5. The predicted molar refractivity (Wildman–Crippen MR) is 166 cm³/mol. The second kappa shape index (κ2) is 13.5. The van der Waals surface area contributed by atoms with Gasteiger partial charge in [-0.15, -0.1) is 0 Å². The standard InChI is InChI=1S/C36H37NO7/c1-23(2)17-19-43-30-16-13-26(20-31(30)41-4)33-32(35(39)36(40)37(33)21-29-10-7-18-42-29)34(38)25-11-14-28(15-12-25)44-22-27-9-6-5-8-24(27)3/h5-16,18,20,23,33,38H,17,19,21-22H2,1-4H3. The van der Waals surface area contributed by atoms with Gasteiger partial charge in [-0.25, -0.2) is 0 Å². The summed E-state index contributed by atoms with van der Waals surface area (Å²) in [6.07, 6.45) is 2.39. The number of benzene rings is 3. The third kappa shape index (κ3) is 6.64. The van der Waals surface area contributed by atoms with Crippen LogP contribution in [-0.2, 0) is 22.7 Å². The van der Waals surface area contributed by atoms with Gasteiger partial charge in [-0.2, -0.15) is 0 Å². The molecule has 1 unspecified atom stereocenters. The third-order valence-electron chi connectivity index (χ3n) is 7.69. The molecular formula is C36H37NO7. The predicted octanol–water partition coefficient (Wildman–Crippen LogP) is 7.22. The summed E-state index contributed by atoms with van der Waals surface area (Å²) in [4.78, 5) is 28.3. The van der Waals surface area contributed by atoms with Crippen LogP contribution in [0.2, 0.25) is 0 Å². The van der Waals surface area contributed by atoms with Crippen LogP contribution in [0.25, 0.3) is 5.76 Å². The van der Waals surface area contributed by atoms with Crippen LogP contribution >= 0.6 is 0 Å². The number of rotatable bonds is 12. The van der Waals surface area contributed by atoms with Crippen molar-refractivity contribution in [3.63, 3.8) is 0 Å². The van der Waals surface area contributed by atoms with Crippen molar-refractivity contribution < 1.29 is 33.3 Å². The summed E-state index contributed by atoms with van der Waals surface area (Å²) < 4.78 is 23.0. The van der Waals surface area contributed by atoms with Crippen molar-refractivity contribution in [2.24, 2.45) is 5.92 Å². The number of ketones is 1. The van der Waals surface area contributed by atoms with Gasteiger partial charge in [-0.05, 0) is 84.5 Å². The summed E-state index contributed by atoms with van der Waals surface area (Å²) in [5, 5.41) is 11.5. The van der Waals surface area contributed by atoms with Crippen LogP contribution in [0, 0.1) is 12.8 Å². The van der Waals surface area contributed by atoms with E-state index in [0.717, 1.165) is 17.5 Å². The number of aryl methyl sites for hydroxylation is 1. The van der Waals surface area contributed by atoms with Crippen molar-refractivity contribution in [2.75, 3.05) is 13.7 Å². The molecule has 0 aliphatic carbocycles. The quantitative estimate of drug-likeness (QED) is 0.105. The summed E-state index contributed by atoms with van der Waals surface area (Å²) in [7, 11) is 1.54. The zero-order valence-electron chi connectivity index (χ0n) is 25.4. The van der Waals surface area contributed by atoms with Crippen molar-refractivity contribution in [1.82, 2.24) is 4.90 Å². The highest BCUT2D eigenvalue weighted by molar-refractivity contribution is 6.46. The van der Waals surface area contributed by atoms with E-state index in [4.69, 9.17) is 18.6 Å². The van der Waals surface area contributed by atoms with E-state index in [1.54, 1.807) is 54.6 Å². The third-order valence-corrected chi connectivity index (χ3v) is 7.69. The van der Waals surface area contributed by atoms with E-state index in [2.05, 4.69) is 13.8 Å². The number of likely N-dealkylation sites (tertiary alicyclic amines) is 1. The molecule has 0 spiro atoms. The molecule has 0 bridgehead atoms. The fraction of sp³-hybridized carbons (Fsp3) is 0.278. The normalized spacial score (nSPS) is 16.0. The molecule has 1 amide bonds. The Morgan fingerprint density at radius 1 is 0.955 bits per heavy atom. The molecule has 1 fully saturated rings. The van der Waals surface area contributed by atoms with E-state index in [0.29, 0.717) is 53.3 Å². The number of nitrogens with zero attached hydrogens (tertiary/aromatic N) is 1. The molecule has 8 heteroatoms. The number of aliphatic hydroxyl groups excluding tert-OH is 1. The molecule has 1 atom stereocenters. The molecule has 1 N–H and O–H groups in total. The molecule has 4 aromatic rings. The van der Waals surface area contributed by atoms with Crippen LogP contribution in [0.4, 0.5) is 0 Å². The van der Waals surface area contributed by atoms with Gasteiger partial charge in [0.25, 0.3) is 11.7 Å². The first kappa shape index (κ1) is 30.5. The topological polar surface area (TPSA) is 98.4 Å². The van der Waals surface area contributed by atoms with Crippen molar-refractivity contribution in [3.05, 3.63) is 119 Å². The first-order valence-electron chi connectivity index (χ1n) is 14.7. The van der Waals surface area contributed by atoms with Gasteiger partial charge in [0.2, 0.25) is 0 Å². The summed E-state index contributed by atoms with van der Waals surface area (Å²) in [6, 6.07) is 22.6. The second-order valence-electron chi connectivity index (χ2n) is 11.2. The molecule has 228 valence electrons. The molecule has 0 radical (unpaired) electrons. The van der Waals surface area contributed by atoms with Crippen molar-refractivity contribution in [2.45, 2.75) is 46.4 Å². The van der Waals surface area contributed by atoms with Crippen molar-refractivity contribution in [3.8, 4) is 17.2 Å². The van der Waals surface area contributed by atoms with Crippen LogP contribution < -0.4 is 14.2 Å². The van der Waals surface area contributed by atoms with E-state index in [1.165, 1.54) is 18.3 Å². The lowest BCUT2D eigenvalue weighted by Gasteiger charge is -2.25. The number of carbonyl (C=O) groups is 2. The van der Waals surface area contributed by atoms with E-state index in [-0.39, 0.29) is 17.9 Å². The Labute approximate surface area is 257 Å². The van der Waals surface area contributed by atoms with Gasteiger partial charge in [0.05, 0.1) is 38.1 Å². The SMILES string of the molecule is COc1cc(C2C(=C(O)c3ccc(OCc4ccccc4C)cc3)C(=O)C(=O)N2Cc2ccco2)ccc1OCCC(C)C. The molecule has 1 aliphatic rings. The Bertz CT molecular complexity index is 1640. The van der Waals surface area contributed by atoms with E-state index in [9.17, 15) is 14.7 Å². The highest BCUT2D eigenvalue weighted by atomic mass is 16.5. The lowest BCUT2D eigenvalue weighted by Crippen LogP contribution is -2.29. The van der Waals surface area contributed by atoms with Gasteiger partial charge in [0, 0.05) is 5.56 Å². The zero-order chi connectivity index (χ0) is 31.2. The van der Waals surface area contributed by atoms with Crippen LogP contribution in [0.1, 0.15) is 54.3 Å². The first-order chi connectivity index (χ1) is 21.3. The number of methoxy groups -OCH3 is 1. The zero-order valence-corrected chi connectivity index (χ0v) is 25.4. The molecule has 44 heavy (non-hydrogen) atoms. The van der Waals surface area contributed by atoms with Crippen LogP contribution in [0.15, 0.2) is 95.1 Å². The van der Waals surface area contributed by atoms with Gasteiger partial charge in [0.1, 0.15) is 23.9 Å². The smallest absolute Gasteiger partial charge is 0.296 e. The van der Waals surface area contributed by atoms with Gasteiger partial charge in [-0.1, -0.05) is 44.2 Å². The summed E-state index contributed by atoms with van der Waals surface area (Å²) in [5.41, 5.74) is 3.15. The van der Waals surface area contributed by atoms with E-state index < -0.39 is 17.7 Å². The maximum atomic E-state index is 13.5. The number of hydrogen-bond acceptors (Lipinski definition) is 7. The van der Waals surface area contributed by atoms with Gasteiger partial charge in [-0.3, -0.25) is 9.59 Å². The van der Waals surface area contributed by atoms with Crippen LogP contribution in [0.5, 0.6) is 17.2 Å². The Hall–Kier alpha value is -4.98. The largest absolute Gasteiger partial charge is 0.507 e. The molecular weight excluding hydrogens is 558 g/mol. The Morgan fingerprint density at radius 3 is 2.41 bits per heavy atom. The Kier molecular flexibility index (Phi) is 9.38. The highest BCUT2D eigenvalue weighted by Crippen LogP contribution is 2.43. The fourth-order valence-electron chi connectivity index (χ4n) is 5.14. The molecule has 1 aromatic heterocycles. The maximum Gasteiger partial charge on any atom is 0.296 e. The van der Waals surface area contributed by atoms with Gasteiger partial charge < -0.3 is 28.6 Å². The fourth-order valence-corrected chi connectivity index (χ4v) is 5.14. The minimum Gasteiger partial charge on any atom is -0.507 e. The average molecular weight is 596 g/mol. The first-order valence-corrected chi connectivity index (χ1v) is 14.7. The minimum atomic E-state index is -0.893. The minimum absolute atomic E-state index is 0.0225. The lowest BCUT2D eigenvalue weighted by atomic mass is 9.95. The molecule has 1 saturated heterocycles. The van der Waals surface area contributed by atoms with Crippen LogP contribution in [0.3, 0.4) is 0 Å². The molecule has 5 rings (SSSR count). The summed E-state index contributed by atoms with van der Waals surface area (Å²) in [5.74, 6) is 0.820. The number of aliphatic hydroxyl groups is 1. The molecule has 8 nitrogen and oxygen atoms in total. The van der Waals surface area contributed by atoms with Crippen molar-refractivity contribution >= 4 is 17.4 Å². The highest BCUT2D eigenvalue weighted by Gasteiger charge is 2.46. The van der Waals surface area contributed by atoms with Gasteiger partial charge >= 0.3 is 0 Å². The monoisotopic (exact) mass is 595 g/mol. The Morgan fingerprint density at radius 2 is 1.73 bits per heavy atom. The summed E-state index contributed by atoms with van der Waals surface area (Å²) in [6.45, 7) is 7.24.